The normalized spacial score (nSPS) is 9.74. The summed E-state index contributed by atoms with van der Waals surface area (Å²) in [5, 5.41) is 0. The molecule has 0 saturated carbocycles. The number of guanidine groups is 1. The van der Waals surface area contributed by atoms with E-state index < -0.39 is 0 Å². The molecule has 0 amide bonds. The second kappa shape index (κ2) is 7.51. The van der Waals surface area contributed by atoms with Crippen molar-refractivity contribution in [2.45, 2.75) is 0 Å². The van der Waals surface area contributed by atoms with Crippen LogP contribution < -0.4 is 9.47 Å². The average molecular weight is 265 g/mol. The maximum absolute atomic E-state index is 5.62. The summed E-state index contributed by atoms with van der Waals surface area (Å²) in [5.74, 6) is 2.58. The van der Waals surface area contributed by atoms with E-state index in [1.54, 1.807) is 7.11 Å². The summed E-state index contributed by atoms with van der Waals surface area (Å²) >= 11 is 0. The van der Waals surface area contributed by atoms with Crippen LogP contribution in [0.1, 0.15) is 0 Å². The molecule has 0 aliphatic rings. The molecule has 0 bridgehead atoms. The van der Waals surface area contributed by atoms with Crippen LogP contribution in [0.2, 0.25) is 0 Å². The van der Waals surface area contributed by atoms with Crippen LogP contribution in [0.25, 0.3) is 0 Å². The van der Waals surface area contributed by atoms with Crippen molar-refractivity contribution in [3.8, 4) is 11.5 Å². The Hall–Kier alpha value is -1.91. The number of benzene rings is 1. The Labute approximate surface area is 115 Å². The fraction of sp³-hybridized carbons (Fsp3) is 0.500. The van der Waals surface area contributed by atoms with Gasteiger partial charge >= 0.3 is 0 Å². The van der Waals surface area contributed by atoms with Crippen molar-refractivity contribution in [2.24, 2.45) is 4.99 Å². The van der Waals surface area contributed by atoms with Gasteiger partial charge in [0.25, 0.3) is 0 Å². The highest BCUT2D eigenvalue weighted by Gasteiger charge is 2.03. The highest BCUT2D eigenvalue weighted by Crippen LogP contribution is 2.16. The van der Waals surface area contributed by atoms with Crippen molar-refractivity contribution < 1.29 is 9.47 Å². The van der Waals surface area contributed by atoms with Crippen molar-refractivity contribution in [1.29, 1.82) is 0 Å². The number of aliphatic imine (C=N–C) groups is 1. The van der Waals surface area contributed by atoms with Crippen LogP contribution in [-0.4, -0.2) is 64.2 Å². The van der Waals surface area contributed by atoms with E-state index in [2.05, 4.69) is 4.99 Å². The van der Waals surface area contributed by atoms with E-state index in [0.717, 1.165) is 17.5 Å². The minimum atomic E-state index is 0.553. The lowest BCUT2D eigenvalue weighted by atomic mass is 10.3. The predicted octanol–water partition coefficient (Wildman–Crippen LogP) is 1.55. The molecule has 1 aromatic rings. The summed E-state index contributed by atoms with van der Waals surface area (Å²) < 4.78 is 10.7. The van der Waals surface area contributed by atoms with Gasteiger partial charge in [0, 0.05) is 28.2 Å². The maximum atomic E-state index is 5.62. The van der Waals surface area contributed by atoms with Gasteiger partial charge in [-0.05, 0) is 24.3 Å². The molecule has 0 radical (unpaired) electrons. The van der Waals surface area contributed by atoms with E-state index in [-0.39, 0.29) is 0 Å². The van der Waals surface area contributed by atoms with Crippen LogP contribution in [0.4, 0.5) is 0 Å². The summed E-state index contributed by atoms with van der Waals surface area (Å²) in [6.45, 7) is 1.18. The zero-order chi connectivity index (χ0) is 14.3. The molecule has 0 N–H and O–H groups in total. The molecule has 1 aromatic carbocycles. The van der Waals surface area contributed by atoms with E-state index in [4.69, 9.17) is 9.47 Å². The average Bonchev–Trinajstić information content (AvgIpc) is 2.38. The third kappa shape index (κ3) is 5.07. The fourth-order valence-corrected chi connectivity index (χ4v) is 1.66. The quantitative estimate of drug-likeness (QED) is 0.460. The van der Waals surface area contributed by atoms with Gasteiger partial charge in [-0.3, -0.25) is 0 Å². The van der Waals surface area contributed by atoms with Crippen LogP contribution in [0.5, 0.6) is 11.5 Å². The molecule has 19 heavy (non-hydrogen) atoms. The molecule has 5 nitrogen and oxygen atoms in total. The lowest BCUT2D eigenvalue weighted by molar-refractivity contribution is 0.325. The highest BCUT2D eigenvalue weighted by atomic mass is 16.5. The number of hydrogen-bond acceptors (Lipinski definition) is 3. The van der Waals surface area contributed by atoms with Crippen molar-refractivity contribution in [1.82, 2.24) is 9.80 Å². The second-order valence-electron chi connectivity index (χ2n) is 4.49. The van der Waals surface area contributed by atoms with Gasteiger partial charge in [-0.1, -0.05) is 0 Å². The smallest absolute Gasteiger partial charge is 0.195 e. The van der Waals surface area contributed by atoms with Crippen molar-refractivity contribution in [2.75, 3.05) is 48.5 Å². The fourth-order valence-electron chi connectivity index (χ4n) is 1.66. The molecule has 1 rings (SSSR count). The lowest BCUT2D eigenvalue weighted by Gasteiger charge is -2.22. The maximum Gasteiger partial charge on any atom is 0.195 e. The molecule has 0 heterocycles. The monoisotopic (exact) mass is 265 g/mol. The zero-order valence-electron chi connectivity index (χ0n) is 12.4. The standard InChI is InChI=1S/C14H23N3O2/c1-16(2)14(17(3)4)15-10-11-19-13-8-6-12(18-5)7-9-13/h6-9H,10-11H2,1-5H3. The van der Waals surface area contributed by atoms with Gasteiger partial charge in [0.15, 0.2) is 5.96 Å². The number of nitrogens with zero attached hydrogens (tertiary/aromatic N) is 3. The molecular formula is C14H23N3O2. The third-order valence-corrected chi connectivity index (χ3v) is 2.47. The molecule has 0 aliphatic carbocycles. The summed E-state index contributed by atoms with van der Waals surface area (Å²) in [7, 11) is 9.55. The van der Waals surface area contributed by atoms with Crippen LogP contribution in [0.15, 0.2) is 29.3 Å². The van der Waals surface area contributed by atoms with Crippen LogP contribution in [-0.2, 0) is 0 Å². The molecule has 0 unspecified atom stereocenters. The summed E-state index contributed by atoms with van der Waals surface area (Å²) in [6.07, 6.45) is 0. The Bertz CT molecular complexity index is 390. The Morgan fingerprint density at radius 1 is 1.00 bits per heavy atom. The Morgan fingerprint density at radius 2 is 1.53 bits per heavy atom. The predicted molar refractivity (Wildman–Crippen MR) is 78.2 cm³/mol. The first-order valence-corrected chi connectivity index (χ1v) is 6.20. The van der Waals surface area contributed by atoms with Gasteiger partial charge in [0.05, 0.1) is 13.7 Å². The molecule has 106 valence electrons. The minimum Gasteiger partial charge on any atom is -0.497 e. The Kier molecular flexibility index (Phi) is 5.99. The van der Waals surface area contributed by atoms with Crippen molar-refractivity contribution >= 4 is 5.96 Å². The molecular weight excluding hydrogens is 242 g/mol. The van der Waals surface area contributed by atoms with Gasteiger partial charge in [0.2, 0.25) is 0 Å². The topological polar surface area (TPSA) is 37.3 Å². The molecule has 0 spiro atoms. The van der Waals surface area contributed by atoms with Gasteiger partial charge in [-0.2, -0.15) is 0 Å². The third-order valence-electron chi connectivity index (χ3n) is 2.47. The van der Waals surface area contributed by atoms with Crippen LogP contribution in [0.3, 0.4) is 0 Å². The molecule has 0 saturated heterocycles. The van der Waals surface area contributed by atoms with Gasteiger partial charge in [0.1, 0.15) is 18.1 Å². The molecule has 5 heteroatoms. The van der Waals surface area contributed by atoms with Crippen LogP contribution >= 0.6 is 0 Å². The van der Waals surface area contributed by atoms with E-state index in [9.17, 15) is 0 Å². The summed E-state index contributed by atoms with van der Waals surface area (Å²) in [5.41, 5.74) is 0. The lowest BCUT2D eigenvalue weighted by Crippen LogP contribution is -2.35. The largest absolute Gasteiger partial charge is 0.497 e. The number of hydrogen-bond donors (Lipinski definition) is 0. The summed E-state index contributed by atoms with van der Waals surface area (Å²) in [4.78, 5) is 8.45. The molecule has 0 aliphatic heterocycles. The first kappa shape index (κ1) is 15.1. The zero-order valence-corrected chi connectivity index (χ0v) is 12.4. The second-order valence-corrected chi connectivity index (χ2v) is 4.49. The van der Waals surface area contributed by atoms with E-state index in [0.29, 0.717) is 13.2 Å². The number of ether oxygens (including phenoxy) is 2. The first-order chi connectivity index (χ1) is 9.04. The highest BCUT2D eigenvalue weighted by molar-refractivity contribution is 5.79. The van der Waals surface area contributed by atoms with E-state index >= 15 is 0 Å². The van der Waals surface area contributed by atoms with Gasteiger partial charge < -0.3 is 19.3 Å². The molecule has 0 atom stereocenters. The number of rotatable bonds is 5. The SMILES string of the molecule is COc1ccc(OCCN=C(N(C)C)N(C)C)cc1. The first-order valence-electron chi connectivity index (χ1n) is 6.20. The van der Waals surface area contributed by atoms with Gasteiger partial charge in [-0.25, -0.2) is 4.99 Å². The van der Waals surface area contributed by atoms with E-state index in [1.165, 1.54) is 0 Å². The Morgan fingerprint density at radius 3 is 2.00 bits per heavy atom. The van der Waals surface area contributed by atoms with Gasteiger partial charge in [-0.15, -0.1) is 0 Å². The van der Waals surface area contributed by atoms with Crippen molar-refractivity contribution in [3.63, 3.8) is 0 Å². The molecule has 0 aromatic heterocycles. The summed E-state index contributed by atoms with van der Waals surface area (Å²) in [6, 6.07) is 7.54. The number of methoxy groups -OCH3 is 1. The Balaban J connectivity index is 2.42. The van der Waals surface area contributed by atoms with Crippen LogP contribution in [0, 0.1) is 0 Å². The van der Waals surface area contributed by atoms with E-state index in [1.807, 2.05) is 62.3 Å². The van der Waals surface area contributed by atoms with Crippen molar-refractivity contribution in [3.05, 3.63) is 24.3 Å². The minimum absolute atomic E-state index is 0.553. The molecule has 0 fully saturated rings.